The zero-order chi connectivity index (χ0) is 55.3. The predicted molar refractivity (Wildman–Crippen MR) is 287 cm³/mol. The monoisotopic (exact) mass is 1090 g/mol. The minimum Gasteiger partial charge on any atom is -0.491 e. The summed E-state index contributed by atoms with van der Waals surface area (Å²) in [6.45, 7) is 12.4. The summed E-state index contributed by atoms with van der Waals surface area (Å²) in [6.07, 6.45) is 11.9. The van der Waals surface area contributed by atoms with Gasteiger partial charge in [-0.15, -0.1) is 0 Å². The van der Waals surface area contributed by atoms with Gasteiger partial charge in [0.05, 0.1) is 43.2 Å². The number of nitrogens with one attached hydrogen (secondary N) is 4. The number of aromatic carboxylic acids is 1. The summed E-state index contributed by atoms with van der Waals surface area (Å²) >= 11 is 0. The quantitative estimate of drug-likeness (QED) is 0.0746. The van der Waals surface area contributed by atoms with Crippen molar-refractivity contribution in [3.63, 3.8) is 0 Å². The largest absolute Gasteiger partial charge is 0.491 e. The Hall–Kier alpha value is -8.30. The number of Topliss-reactive ketones (excluding diaryl/α,β-unsaturated/α-hetero) is 1. The van der Waals surface area contributed by atoms with Crippen LogP contribution in [0.1, 0.15) is 79.6 Å². The van der Waals surface area contributed by atoms with Crippen molar-refractivity contribution in [1.82, 2.24) is 39.9 Å². The number of ketones is 1. The molecule has 0 unspecified atom stereocenters. The van der Waals surface area contributed by atoms with Crippen LogP contribution in [0.4, 0.5) is 44.2 Å². The molecule has 0 saturated carbocycles. The fourth-order valence-electron chi connectivity index (χ4n) is 9.97. The number of aromatic nitrogens is 8. The van der Waals surface area contributed by atoms with Crippen molar-refractivity contribution in [3.05, 3.63) is 109 Å². The summed E-state index contributed by atoms with van der Waals surface area (Å²) in [5.41, 5.74) is 7.01. The highest BCUT2D eigenvalue weighted by molar-refractivity contribution is 6.06. The number of imidazole rings is 2. The highest BCUT2D eigenvalue weighted by Crippen LogP contribution is 2.41. The van der Waals surface area contributed by atoms with Crippen LogP contribution < -0.4 is 45.4 Å². The molecule has 416 valence electrons. The van der Waals surface area contributed by atoms with Crippen molar-refractivity contribution in [3.8, 4) is 11.5 Å². The van der Waals surface area contributed by atoms with Gasteiger partial charge in [0.1, 0.15) is 65.9 Å². The maximum atomic E-state index is 13.6. The number of anilines is 6. The molecule has 6 aromatic rings. The molecule has 4 amide bonds. The molecule has 79 heavy (non-hydrogen) atoms. The number of rotatable bonds is 14. The normalized spacial score (nSPS) is 20.7. The fraction of sp³-hybridized carbons (Fsp3) is 0.434. The number of nitrogens with two attached hydrogens (primary N) is 1. The number of carboxylic acids is 1. The number of hydrogen-bond acceptors (Lipinski definition) is 19. The van der Waals surface area contributed by atoms with Gasteiger partial charge in [0.25, 0.3) is 0 Å². The Bertz CT molecular complexity index is 3130. The molecule has 12 rings (SSSR count). The van der Waals surface area contributed by atoms with E-state index in [-0.39, 0.29) is 48.2 Å². The number of fused-ring (bicyclic) bond motifs is 8. The maximum Gasteiger partial charge on any atom is 0.354 e. The lowest BCUT2D eigenvalue weighted by molar-refractivity contribution is -0.141. The van der Waals surface area contributed by atoms with Crippen LogP contribution >= 0.6 is 0 Å². The van der Waals surface area contributed by atoms with Crippen molar-refractivity contribution in [1.29, 1.82) is 0 Å². The number of carbonyl (C=O) groups excluding carboxylic acids is 3. The molecule has 26 nitrogen and oxygen atoms in total. The van der Waals surface area contributed by atoms with E-state index in [0.29, 0.717) is 92.9 Å². The van der Waals surface area contributed by atoms with Crippen LogP contribution in [0.25, 0.3) is 0 Å². The van der Waals surface area contributed by atoms with Crippen LogP contribution in [0.5, 0.6) is 11.5 Å². The summed E-state index contributed by atoms with van der Waals surface area (Å²) in [6, 6.07) is 12.6. The van der Waals surface area contributed by atoms with Gasteiger partial charge < -0.3 is 59.0 Å². The van der Waals surface area contributed by atoms with Gasteiger partial charge in [-0.2, -0.15) is 0 Å². The van der Waals surface area contributed by atoms with Crippen molar-refractivity contribution in [2.24, 2.45) is 5.73 Å². The molecule has 0 spiro atoms. The molecule has 4 saturated heterocycles. The number of nitrogens with zero attached hydrogens (tertiary/aromatic N) is 10. The Kier molecular flexibility index (Phi) is 16.0. The smallest absolute Gasteiger partial charge is 0.354 e. The molecular weight excluding hydrogens is 1020 g/mol. The van der Waals surface area contributed by atoms with E-state index in [1.807, 2.05) is 33.8 Å². The number of aryl methyl sites for hydroxylation is 1. The van der Waals surface area contributed by atoms with Crippen molar-refractivity contribution in [2.45, 2.75) is 95.8 Å². The number of urea groups is 2. The first-order chi connectivity index (χ1) is 38.1. The van der Waals surface area contributed by atoms with Crippen LogP contribution in [0, 0.1) is 0 Å². The molecule has 0 aromatic carbocycles. The van der Waals surface area contributed by atoms with E-state index in [4.69, 9.17) is 34.2 Å². The molecule has 7 N–H and O–H groups in total. The summed E-state index contributed by atoms with van der Waals surface area (Å²) in [4.78, 5) is 90.0. The number of pyridine rings is 4. The Morgan fingerprint density at radius 2 is 1.18 bits per heavy atom. The minimum atomic E-state index is -1.14. The lowest BCUT2D eigenvalue weighted by atomic mass is 10.1. The lowest BCUT2D eigenvalue weighted by Crippen LogP contribution is -2.48. The van der Waals surface area contributed by atoms with Gasteiger partial charge in [-0.05, 0) is 76.9 Å². The van der Waals surface area contributed by atoms with Crippen LogP contribution in [0.15, 0.2) is 85.7 Å². The molecular formula is C53H63N15O11. The Morgan fingerprint density at radius 3 is 1.62 bits per heavy atom. The summed E-state index contributed by atoms with van der Waals surface area (Å²) < 4.78 is 34.3. The molecule has 6 aromatic heterocycles. The Balaban J connectivity index is 0.000000160. The minimum absolute atomic E-state index is 0.0548. The summed E-state index contributed by atoms with van der Waals surface area (Å²) in [5, 5.41) is 15.0. The molecule has 0 radical (unpaired) electrons. The van der Waals surface area contributed by atoms with E-state index < -0.39 is 23.6 Å². The number of amides is 4. The van der Waals surface area contributed by atoms with Gasteiger partial charge in [0.15, 0.2) is 34.7 Å². The molecule has 4 bridgehead atoms. The maximum absolute atomic E-state index is 13.6. The van der Waals surface area contributed by atoms with Crippen LogP contribution in [0.3, 0.4) is 0 Å². The molecule has 12 heterocycles. The third kappa shape index (κ3) is 13.0. The molecule has 6 aliphatic rings. The second kappa shape index (κ2) is 23.3. The number of hydrogen-bond donors (Lipinski definition) is 6. The average Bonchev–Trinajstić information content (AvgIpc) is 4.55. The van der Waals surface area contributed by atoms with Crippen molar-refractivity contribution in [2.75, 3.05) is 82.8 Å². The fourth-order valence-corrected chi connectivity index (χ4v) is 9.97. The zero-order valence-electron chi connectivity index (χ0n) is 44.2. The first-order valence-corrected chi connectivity index (χ1v) is 26.0. The molecule has 4 atom stereocenters. The third-order valence-corrected chi connectivity index (χ3v) is 13.7. The lowest BCUT2D eigenvalue weighted by Gasteiger charge is -2.35. The third-order valence-electron chi connectivity index (χ3n) is 13.7. The first-order valence-electron chi connectivity index (χ1n) is 26.0. The van der Waals surface area contributed by atoms with Crippen LogP contribution in [-0.2, 0) is 31.9 Å². The topological polar surface area (TPSA) is 316 Å². The molecule has 0 aliphatic carbocycles. The molecule has 6 aliphatic heterocycles. The summed E-state index contributed by atoms with van der Waals surface area (Å²) in [7, 11) is 0. The van der Waals surface area contributed by atoms with Gasteiger partial charge in [0, 0.05) is 88.3 Å². The highest BCUT2D eigenvalue weighted by Gasteiger charge is 2.43. The van der Waals surface area contributed by atoms with E-state index in [9.17, 15) is 24.3 Å². The Labute approximate surface area is 454 Å². The second-order valence-corrected chi connectivity index (χ2v) is 20.2. The van der Waals surface area contributed by atoms with E-state index in [1.165, 1.54) is 11.0 Å². The van der Waals surface area contributed by atoms with Crippen LogP contribution in [-0.4, -0.2) is 157 Å². The van der Waals surface area contributed by atoms with Gasteiger partial charge >= 0.3 is 18.0 Å². The van der Waals surface area contributed by atoms with Crippen LogP contribution in [0.2, 0.25) is 0 Å². The van der Waals surface area contributed by atoms with Gasteiger partial charge in [0.2, 0.25) is 0 Å². The van der Waals surface area contributed by atoms with E-state index in [0.717, 1.165) is 49.0 Å². The average molecular weight is 1090 g/mol. The van der Waals surface area contributed by atoms with Crippen molar-refractivity contribution < 1.29 is 52.7 Å². The van der Waals surface area contributed by atoms with Gasteiger partial charge in [-0.3, -0.25) is 25.2 Å². The number of carbonyl (C=O) groups is 4. The number of carboxylic acid groups (broad SMARTS) is 1. The van der Waals surface area contributed by atoms with E-state index in [2.05, 4.69) is 60.3 Å². The van der Waals surface area contributed by atoms with Gasteiger partial charge in [-0.25, -0.2) is 44.3 Å². The SMILES string of the molecule is CC1(C)OC[C@H](COc2ccnc(NC(=O)N3c4nc(C(=O)CCc5ncc[nH]5)ccc4N4CC[C@H]3C4)c2)O1.CC1(C)OC[C@H](COc2ccnc(NC(=O)N3c4nc(C(=O)O)ccc4N4CC[C@H]3C4)c2)O1.NCc1ncc[nH]1. The van der Waals surface area contributed by atoms with E-state index in [1.54, 1.807) is 78.5 Å². The number of aromatic amines is 2. The van der Waals surface area contributed by atoms with Gasteiger partial charge in [-0.1, -0.05) is 0 Å². The molecule has 4 fully saturated rings. The summed E-state index contributed by atoms with van der Waals surface area (Å²) in [5.74, 6) is 1.68. The zero-order valence-corrected chi connectivity index (χ0v) is 44.2. The first kappa shape index (κ1) is 54.1. The molecule has 26 heteroatoms. The second-order valence-electron chi connectivity index (χ2n) is 20.2. The highest BCUT2D eigenvalue weighted by atomic mass is 16.8. The standard InChI is InChI=1S/C27H31N7O5.C22H25N5O6.C4H7N3/c1-27(2)38-16-19(39-27)15-37-18-7-9-28-24(13-18)32-26(36)34-17-8-12-33(14-17)21-4-3-20(31-25(21)34)22(35)5-6-23-29-10-11-30-23;1-22(2)32-12-15(33-22)11-31-14-5-7-23-18(9-14)25-21(30)27-13-6-8-26(10-13)17-4-3-16(20(28)29)24-19(17)27;5-3-4-6-1-2-7-4/h3-4,7,9-11,13,17,19H,5-6,8,12,14-16H2,1-2H3,(H,29,30)(H,28,32,36);3-5,7,9,13,15H,6,8,10-12H2,1-2H3,(H,28,29)(H,23,25,30);1-2H,3,5H2,(H,6,7)/t17-,19-;13-,15-;/m00./s1. The Morgan fingerprint density at radius 1 is 0.684 bits per heavy atom. The number of H-pyrrole nitrogens is 2. The predicted octanol–water partition coefficient (Wildman–Crippen LogP) is 5.38. The van der Waals surface area contributed by atoms with E-state index >= 15 is 0 Å². The van der Waals surface area contributed by atoms with Crippen molar-refractivity contribution >= 4 is 58.5 Å². The number of ether oxygens (including phenoxy) is 6.